The fraction of sp³-hybridized carbons (Fsp3) is 0.393. The monoisotopic (exact) mass is 596 g/mol. The molecule has 2 aromatic rings. The average molecular weight is 597 g/mol. The van der Waals surface area contributed by atoms with Crippen LogP contribution in [0.2, 0.25) is 0 Å². The number of aliphatic hydroxyl groups excluding tert-OH is 1. The average Bonchev–Trinajstić information content (AvgIpc) is 2.90. The van der Waals surface area contributed by atoms with Crippen LogP contribution in [0.5, 0.6) is 0 Å². The van der Waals surface area contributed by atoms with E-state index in [2.05, 4.69) is 0 Å². The van der Waals surface area contributed by atoms with Crippen molar-refractivity contribution in [3.8, 4) is 0 Å². The highest BCUT2D eigenvalue weighted by atomic mass is 19.4. The molecule has 0 aromatic heterocycles. The molecule has 3 rings (SSSR count). The molecule has 14 heteroatoms. The number of rotatable bonds is 9. The molecule has 1 heterocycles. The van der Waals surface area contributed by atoms with Gasteiger partial charge in [0.2, 0.25) is 17.5 Å². The molecule has 1 aliphatic rings. The highest BCUT2D eigenvalue weighted by molar-refractivity contribution is 6.08. The van der Waals surface area contributed by atoms with Crippen LogP contribution in [0, 0.1) is 0 Å². The number of alkyl halides is 3. The molecule has 6 atom stereocenters. The first-order chi connectivity index (χ1) is 19.2. The number of hydrogen-bond donors (Lipinski definition) is 4. The molecule has 1 aliphatic heterocycles. The zero-order valence-corrected chi connectivity index (χ0v) is 22.6. The van der Waals surface area contributed by atoms with Crippen molar-refractivity contribution in [2.24, 2.45) is 0 Å². The third-order valence-corrected chi connectivity index (χ3v) is 7.15. The summed E-state index contributed by atoms with van der Waals surface area (Å²) in [6.45, 7) is 2.57. The quantitative estimate of drug-likeness (QED) is 0.239. The van der Waals surface area contributed by atoms with Gasteiger partial charge in [0, 0.05) is 11.6 Å². The van der Waals surface area contributed by atoms with Crippen LogP contribution < -0.4 is 0 Å². The lowest BCUT2D eigenvalue weighted by atomic mass is 9.60. The van der Waals surface area contributed by atoms with Crippen LogP contribution in [0.3, 0.4) is 0 Å². The smallest absolute Gasteiger partial charge is 0.454 e. The van der Waals surface area contributed by atoms with Crippen molar-refractivity contribution >= 4 is 45.4 Å². The Balaban J connectivity index is 2.35. The lowest BCUT2D eigenvalue weighted by Gasteiger charge is -2.56. The molecule has 0 saturated carbocycles. The zero-order chi connectivity index (χ0) is 32.0. The summed E-state index contributed by atoms with van der Waals surface area (Å²) in [4.78, 5) is 63.4. The second-order valence-electron chi connectivity index (χ2n) is 9.89. The maximum absolute atomic E-state index is 13.3. The Bertz CT molecular complexity index is 1500. The Kier molecular flexibility index (Phi) is 8.65. The first-order valence-electron chi connectivity index (χ1n) is 12.3. The van der Waals surface area contributed by atoms with E-state index >= 15 is 0 Å². The van der Waals surface area contributed by atoms with E-state index in [0.29, 0.717) is 31.5 Å². The Morgan fingerprint density at radius 2 is 1.45 bits per heavy atom. The lowest BCUT2D eigenvalue weighted by Crippen LogP contribution is -2.87. The molecule has 11 nitrogen and oxygen atoms in total. The van der Waals surface area contributed by atoms with Gasteiger partial charge in [-0.15, -0.1) is 0 Å². The Labute approximate surface area is 236 Å². The van der Waals surface area contributed by atoms with Crippen molar-refractivity contribution < 1.29 is 67.0 Å². The Morgan fingerprint density at radius 1 is 0.905 bits per heavy atom. The van der Waals surface area contributed by atoms with E-state index in [0.717, 1.165) is 6.92 Å². The minimum atomic E-state index is -5.43. The third-order valence-electron chi connectivity index (χ3n) is 7.15. The molecular weight excluding hydrogens is 569 g/mol. The number of hydrogen-bond acceptors (Lipinski definition) is 11. The fourth-order valence-electron chi connectivity index (χ4n) is 4.82. The van der Waals surface area contributed by atoms with Crippen molar-refractivity contribution in [3.63, 3.8) is 0 Å². The number of carbonyl (C=O) groups excluding carboxylic acids is 5. The summed E-state index contributed by atoms with van der Waals surface area (Å²) in [7, 11) is 0. The number of fused-ring (bicyclic) bond motifs is 1. The summed E-state index contributed by atoms with van der Waals surface area (Å²) in [5.74, 6) is -9.81. The largest absolute Gasteiger partial charge is 0.460 e. The maximum atomic E-state index is 13.3. The number of ether oxygens (including phenoxy) is 2. The van der Waals surface area contributed by atoms with E-state index in [1.54, 1.807) is 24.3 Å². The van der Waals surface area contributed by atoms with Crippen LogP contribution in [0.4, 0.5) is 13.2 Å². The molecule has 0 radical (unpaired) electrons. The van der Waals surface area contributed by atoms with Crippen LogP contribution in [-0.2, 0) is 33.4 Å². The second-order valence-corrected chi connectivity index (χ2v) is 9.89. The number of allylic oxidation sites excluding steroid dienone is 1. The molecule has 0 spiro atoms. The third kappa shape index (κ3) is 5.05. The summed E-state index contributed by atoms with van der Waals surface area (Å²) in [5.41, 5.74) is -11.6. The normalized spacial score (nSPS) is 29.1. The van der Waals surface area contributed by atoms with E-state index in [9.17, 15) is 57.6 Å². The van der Waals surface area contributed by atoms with Gasteiger partial charge in [0.1, 0.15) is 11.9 Å². The zero-order valence-electron chi connectivity index (χ0n) is 22.6. The van der Waals surface area contributed by atoms with Gasteiger partial charge >= 0.3 is 6.18 Å². The molecule has 1 unspecified atom stereocenters. The van der Waals surface area contributed by atoms with E-state index < -0.39 is 76.2 Å². The number of ketones is 5. The van der Waals surface area contributed by atoms with Crippen LogP contribution in [0.25, 0.3) is 16.5 Å². The summed E-state index contributed by atoms with van der Waals surface area (Å²) < 4.78 is 50.6. The molecule has 1 saturated heterocycles. The summed E-state index contributed by atoms with van der Waals surface area (Å²) in [6.07, 6.45) is -13.0. The number of benzene rings is 2. The molecule has 226 valence electrons. The first kappa shape index (κ1) is 32.7. The minimum absolute atomic E-state index is 0.0574. The maximum Gasteiger partial charge on any atom is 0.454 e. The van der Waals surface area contributed by atoms with Gasteiger partial charge in [-0.05, 0) is 44.5 Å². The van der Waals surface area contributed by atoms with Gasteiger partial charge in [-0.3, -0.25) is 24.0 Å². The van der Waals surface area contributed by atoms with Gasteiger partial charge < -0.3 is 29.9 Å². The van der Waals surface area contributed by atoms with Crippen molar-refractivity contribution in [1.82, 2.24) is 0 Å². The van der Waals surface area contributed by atoms with Gasteiger partial charge in [-0.25, -0.2) is 0 Å². The van der Waals surface area contributed by atoms with Crippen LogP contribution in [0.1, 0.15) is 33.3 Å². The van der Waals surface area contributed by atoms with Crippen LogP contribution in [-0.4, -0.2) is 90.8 Å². The molecule has 0 aliphatic carbocycles. The SMILES string of the molecule is CC(=O)[C@@]1(O)[C@](O)(C(C)=O)[C@H](OC(=CC(=O)C(F)(F)F)c2ccc3ccccc3c2)O[C@H](C(=O)C(C)O)[C@@]1(O)C(C)=O. The number of aliphatic hydroxyl groups is 4. The van der Waals surface area contributed by atoms with Crippen molar-refractivity contribution in [2.75, 3.05) is 0 Å². The number of carbonyl (C=O) groups is 5. The molecule has 4 N–H and O–H groups in total. The van der Waals surface area contributed by atoms with E-state index in [1.807, 2.05) is 0 Å². The van der Waals surface area contributed by atoms with Crippen molar-refractivity contribution in [1.29, 1.82) is 0 Å². The highest BCUT2D eigenvalue weighted by Gasteiger charge is 2.80. The predicted molar refractivity (Wildman–Crippen MR) is 136 cm³/mol. The Morgan fingerprint density at radius 3 is 1.93 bits per heavy atom. The van der Waals surface area contributed by atoms with Crippen LogP contribution >= 0.6 is 0 Å². The summed E-state index contributed by atoms with van der Waals surface area (Å²) in [5, 5.41) is 45.5. The molecule has 1 fully saturated rings. The molecular formula is C28H27F3O11. The van der Waals surface area contributed by atoms with Crippen LogP contribution in [0.15, 0.2) is 48.5 Å². The van der Waals surface area contributed by atoms with Gasteiger partial charge in [-0.2, -0.15) is 13.2 Å². The van der Waals surface area contributed by atoms with Crippen molar-refractivity contribution in [3.05, 3.63) is 54.1 Å². The summed E-state index contributed by atoms with van der Waals surface area (Å²) >= 11 is 0. The highest BCUT2D eigenvalue weighted by Crippen LogP contribution is 2.48. The van der Waals surface area contributed by atoms with Gasteiger partial charge in [0.05, 0.1) is 0 Å². The lowest BCUT2D eigenvalue weighted by molar-refractivity contribution is -0.348. The van der Waals surface area contributed by atoms with E-state index in [4.69, 9.17) is 9.47 Å². The first-order valence-corrected chi connectivity index (χ1v) is 12.3. The minimum Gasteiger partial charge on any atom is -0.460 e. The van der Waals surface area contributed by atoms with Gasteiger partial charge in [0.15, 0.2) is 34.8 Å². The van der Waals surface area contributed by atoms with E-state index in [-0.39, 0.29) is 11.6 Å². The molecule has 0 amide bonds. The number of Topliss-reactive ketones (excluding diaryl/α,β-unsaturated/α-hetero) is 4. The topological polar surface area (TPSA) is 185 Å². The van der Waals surface area contributed by atoms with E-state index in [1.165, 1.54) is 18.2 Å². The standard InChI is InChI=1S/C28H27F3O11/c1-13(32)22(37)23-25(38,14(2)33)27(40,16(4)35)26(39,15(3)34)24(42-23)41-20(12-21(36)28(29,30)31)19-10-9-17-7-5-6-8-18(17)11-19/h5-13,23-24,32,38-40H,1-4H3/t13?,23-,24-,25+,26+,27+/m1/s1. The molecule has 2 aromatic carbocycles. The predicted octanol–water partition coefficient (Wildman–Crippen LogP) is 0.964. The molecule has 0 bridgehead atoms. The van der Waals surface area contributed by atoms with Gasteiger partial charge in [-0.1, -0.05) is 36.4 Å². The van der Waals surface area contributed by atoms with Gasteiger partial charge in [0.25, 0.3) is 5.78 Å². The number of halogens is 3. The van der Waals surface area contributed by atoms with Crippen molar-refractivity contribution in [2.45, 2.75) is 69.2 Å². The summed E-state index contributed by atoms with van der Waals surface area (Å²) in [6, 6.07) is 10.4. The molecule has 42 heavy (non-hydrogen) atoms. The fourth-order valence-corrected chi connectivity index (χ4v) is 4.82. The Hall–Kier alpha value is -3.82. The second kappa shape index (κ2) is 11.1.